The van der Waals surface area contributed by atoms with Gasteiger partial charge in [-0.25, -0.2) is 0 Å². The molecule has 0 spiro atoms. The molecule has 0 rings (SSSR count). The predicted molar refractivity (Wildman–Crippen MR) is 63.8 cm³/mol. The summed E-state index contributed by atoms with van der Waals surface area (Å²) in [5, 5.41) is 6.13. The molecule has 0 saturated carbocycles. The van der Waals surface area contributed by atoms with E-state index in [-0.39, 0.29) is 5.91 Å². The van der Waals surface area contributed by atoms with Crippen molar-refractivity contribution in [3.63, 3.8) is 0 Å². The summed E-state index contributed by atoms with van der Waals surface area (Å²) in [6, 6.07) is 0.544. The zero-order chi connectivity index (χ0) is 10.8. The highest BCUT2D eigenvalue weighted by Gasteiger charge is 1.99. The molecule has 0 aliphatic carbocycles. The van der Waals surface area contributed by atoms with Gasteiger partial charge in [-0.1, -0.05) is 6.92 Å². The topological polar surface area (TPSA) is 41.1 Å². The summed E-state index contributed by atoms with van der Waals surface area (Å²) in [6.07, 6.45) is 1.19. The van der Waals surface area contributed by atoms with Crippen LogP contribution >= 0.6 is 11.8 Å². The van der Waals surface area contributed by atoms with Gasteiger partial charge in [-0.15, -0.1) is 0 Å². The third-order valence-corrected chi connectivity index (χ3v) is 2.82. The van der Waals surface area contributed by atoms with Crippen molar-refractivity contribution in [3.05, 3.63) is 0 Å². The molecule has 14 heavy (non-hydrogen) atoms. The largest absolute Gasteiger partial charge is 0.355 e. The molecule has 1 amide bonds. The molecular weight excluding hydrogens is 196 g/mol. The number of hydrogen-bond donors (Lipinski definition) is 2. The zero-order valence-electron chi connectivity index (χ0n) is 9.43. The second-order valence-electron chi connectivity index (χ2n) is 3.32. The molecule has 0 aliphatic heterocycles. The Labute approximate surface area is 91.4 Å². The first-order valence-corrected chi connectivity index (χ1v) is 6.37. The zero-order valence-corrected chi connectivity index (χ0v) is 10.2. The molecule has 3 nitrogen and oxygen atoms in total. The van der Waals surface area contributed by atoms with E-state index >= 15 is 0 Å². The quantitative estimate of drug-likeness (QED) is 0.602. The Morgan fingerprint density at radius 1 is 1.43 bits per heavy atom. The van der Waals surface area contributed by atoms with Crippen molar-refractivity contribution in [1.82, 2.24) is 10.6 Å². The average Bonchev–Trinajstić information content (AvgIpc) is 2.13. The summed E-state index contributed by atoms with van der Waals surface area (Å²) in [6.45, 7) is 7.49. The highest BCUT2D eigenvalue weighted by atomic mass is 32.2. The van der Waals surface area contributed by atoms with Crippen LogP contribution in [0.2, 0.25) is 0 Å². The SMILES string of the molecule is CCSCCC(C)NCCNC(C)=O. The lowest BCUT2D eigenvalue weighted by molar-refractivity contribution is -0.118. The van der Waals surface area contributed by atoms with Gasteiger partial charge < -0.3 is 10.6 Å². The van der Waals surface area contributed by atoms with Crippen LogP contribution in [0.4, 0.5) is 0 Å². The minimum Gasteiger partial charge on any atom is -0.355 e. The second kappa shape index (κ2) is 9.34. The second-order valence-corrected chi connectivity index (χ2v) is 4.72. The highest BCUT2D eigenvalue weighted by Crippen LogP contribution is 2.03. The first-order valence-electron chi connectivity index (χ1n) is 5.22. The van der Waals surface area contributed by atoms with Crippen molar-refractivity contribution < 1.29 is 4.79 Å². The Hall–Kier alpha value is -0.220. The maximum Gasteiger partial charge on any atom is 0.216 e. The van der Waals surface area contributed by atoms with Gasteiger partial charge in [-0.2, -0.15) is 11.8 Å². The molecular formula is C10H22N2OS. The van der Waals surface area contributed by atoms with Crippen molar-refractivity contribution in [1.29, 1.82) is 0 Å². The van der Waals surface area contributed by atoms with E-state index in [1.807, 2.05) is 11.8 Å². The van der Waals surface area contributed by atoms with Gasteiger partial charge in [0.25, 0.3) is 0 Å². The number of carbonyl (C=O) groups excluding carboxylic acids is 1. The van der Waals surface area contributed by atoms with Crippen LogP contribution in [0.5, 0.6) is 0 Å². The molecule has 0 bridgehead atoms. The summed E-state index contributed by atoms with van der Waals surface area (Å²) < 4.78 is 0. The summed E-state index contributed by atoms with van der Waals surface area (Å²) in [5.74, 6) is 2.45. The number of carbonyl (C=O) groups is 1. The van der Waals surface area contributed by atoms with Crippen molar-refractivity contribution in [2.45, 2.75) is 33.2 Å². The Kier molecular flexibility index (Phi) is 9.19. The summed E-state index contributed by atoms with van der Waals surface area (Å²) >= 11 is 1.97. The monoisotopic (exact) mass is 218 g/mol. The molecule has 1 atom stereocenters. The van der Waals surface area contributed by atoms with Gasteiger partial charge in [0.15, 0.2) is 0 Å². The fourth-order valence-corrected chi connectivity index (χ4v) is 1.87. The van der Waals surface area contributed by atoms with Crippen molar-refractivity contribution in [2.75, 3.05) is 24.6 Å². The first-order chi connectivity index (χ1) is 6.66. The fourth-order valence-electron chi connectivity index (χ4n) is 1.06. The van der Waals surface area contributed by atoms with Gasteiger partial charge in [0, 0.05) is 26.1 Å². The van der Waals surface area contributed by atoms with Crippen LogP contribution in [0.25, 0.3) is 0 Å². The minimum absolute atomic E-state index is 0.0426. The maximum atomic E-state index is 10.6. The van der Waals surface area contributed by atoms with E-state index in [0.717, 1.165) is 13.1 Å². The molecule has 0 aromatic heterocycles. The van der Waals surface area contributed by atoms with Crippen LogP contribution in [0.1, 0.15) is 27.2 Å². The van der Waals surface area contributed by atoms with Crippen LogP contribution < -0.4 is 10.6 Å². The third kappa shape index (κ3) is 9.86. The molecule has 0 fully saturated rings. The minimum atomic E-state index is 0.0426. The van der Waals surface area contributed by atoms with E-state index in [1.165, 1.54) is 17.9 Å². The maximum absolute atomic E-state index is 10.6. The number of amides is 1. The van der Waals surface area contributed by atoms with Gasteiger partial charge in [0.05, 0.1) is 0 Å². The lowest BCUT2D eigenvalue weighted by Crippen LogP contribution is -2.35. The summed E-state index contributed by atoms with van der Waals surface area (Å²) in [5.41, 5.74) is 0. The van der Waals surface area contributed by atoms with Crippen LogP contribution in [-0.2, 0) is 4.79 Å². The number of hydrogen-bond acceptors (Lipinski definition) is 3. The Morgan fingerprint density at radius 2 is 2.14 bits per heavy atom. The molecule has 4 heteroatoms. The van der Waals surface area contributed by atoms with E-state index in [4.69, 9.17) is 0 Å². The smallest absolute Gasteiger partial charge is 0.216 e. The van der Waals surface area contributed by atoms with Crippen molar-refractivity contribution in [3.8, 4) is 0 Å². The van der Waals surface area contributed by atoms with E-state index in [2.05, 4.69) is 24.5 Å². The third-order valence-electron chi connectivity index (χ3n) is 1.89. The van der Waals surface area contributed by atoms with Gasteiger partial charge in [0.2, 0.25) is 5.91 Å². The average molecular weight is 218 g/mol. The Balaban J connectivity index is 3.18. The molecule has 0 aliphatic rings. The van der Waals surface area contributed by atoms with E-state index in [1.54, 1.807) is 6.92 Å². The first kappa shape index (κ1) is 13.8. The van der Waals surface area contributed by atoms with E-state index in [9.17, 15) is 4.79 Å². The summed E-state index contributed by atoms with van der Waals surface area (Å²) in [4.78, 5) is 10.6. The Morgan fingerprint density at radius 3 is 2.71 bits per heavy atom. The molecule has 0 radical (unpaired) electrons. The molecule has 84 valence electrons. The number of thioether (sulfide) groups is 1. The molecule has 0 aromatic carbocycles. The molecule has 0 saturated heterocycles. The van der Waals surface area contributed by atoms with Crippen LogP contribution in [0.15, 0.2) is 0 Å². The Bertz CT molecular complexity index is 153. The molecule has 1 unspecified atom stereocenters. The number of rotatable bonds is 8. The van der Waals surface area contributed by atoms with Crippen molar-refractivity contribution in [2.24, 2.45) is 0 Å². The van der Waals surface area contributed by atoms with E-state index in [0.29, 0.717) is 6.04 Å². The lowest BCUT2D eigenvalue weighted by atomic mass is 10.2. The lowest BCUT2D eigenvalue weighted by Gasteiger charge is -2.13. The summed E-state index contributed by atoms with van der Waals surface area (Å²) in [7, 11) is 0. The van der Waals surface area contributed by atoms with Gasteiger partial charge >= 0.3 is 0 Å². The molecule has 0 aromatic rings. The number of nitrogens with one attached hydrogen (secondary N) is 2. The predicted octanol–water partition coefficient (Wildman–Crippen LogP) is 1.24. The normalized spacial score (nSPS) is 12.5. The highest BCUT2D eigenvalue weighted by molar-refractivity contribution is 7.99. The van der Waals surface area contributed by atoms with Crippen LogP contribution in [0.3, 0.4) is 0 Å². The molecule has 0 heterocycles. The van der Waals surface area contributed by atoms with Gasteiger partial charge in [-0.05, 0) is 24.9 Å². The fraction of sp³-hybridized carbons (Fsp3) is 0.900. The standard InChI is InChI=1S/C10H22N2OS/c1-4-14-8-5-9(2)11-6-7-12-10(3)13/h9,11H,4-8H2,1-3H3,(H,12,13). The van der Waals surface area contributed by atoms with E-state index < -0.39 is 0 Å². The van der Waals surface area contributed by atoms with Crippen LogP contribution in [-0.4, -0.2) is 36.5 Å². The van der Waals surface area contributed by atoms with Crippen LogP contribution in [0, 0.1) is 0 Å². The van der Waals surface area contributed by atoms with Gasteiger partial charge in [0.1, 0.15) is 0 Å². The van der Waals surface area contributed by atoms with Crippen molar-refractivity contribution >= 4 is 17.7 Å². The van der Waals surface area contributed by atoms with Gasteiger partial charge in [-0.3, -0.25) is 4.79 Å². The molecule has 2 N–H and O–H groups in total.